The van der Waals surface area contributed by atoms with E-state index in [2.05, 4.69) is 21.7 Å². The van der Waals surface area contributed by atoms with Gasteiger partial charge in [-0.2, -0.15) is 0 Å². The number of ether oxygens (including phenoxy) is 1. The highest BCUT2D eigenvalue weighted by Gasteiger charge is 2.28. The molecule has 6 heteroatoms. The molecule has 0 spiro atoms. The summed E-state index contributed by atoms with van der Waals surface area (Å²) in [5, 5.41) is 6.98. The Bertz CT molecular complexity index is 725. The number of amides is 1. The van der Waals surface area contributed by atoms with Crippen LogP contribution < -0.4 is 10.6 Å². The molecule has 0 saturated carbocycles. The highest BCUT2D eigenvalue weighted by Crippen LogP contribution is 2.33. The molecular formula is C18H21N3O2S. The highest BCUT2D eigenvalue weighted by atomic mass is 32.1. The summed E-state index contributed by atoms with van der Waals surface area (Å²) in [5.41, 5.74) is 2.16. The van der Waals surface area contributed by atoms with Gasteiger partial charge in [0, 0.05) is 11.1 Å². The molecule has 1 aromatic heterocycles. The van der Waals surface area contributed by atoms with Crippen LogP contribution in [-0.4, -0.2) is 30.6 Å². The van der Waals surface area contributed by atoms with Gasteiger partial charge >= 0.3 is 0 Å². The minimum Gasteiger partial charge on any atom is -0.363 e. The van der Waals surface area contributed by atoms with Crippen molar-refractivity contribution in [2.45, 2.75) is 31.3 Å². The molecule has 2 aliphatic heterocycles. The first kappa shape index (κ1) is 15.7. The SMILES string of the molecule is O=C(Nc1ncc(C2CCNCC2)s1)C1OCCc2ccccc21. The van der Waals surface area contributed by atoms with Crippen molar-refractivity contribution in [3.8, 4) is 0 Å². The molecule has 1 amide bonds. The van der Waals surface area contributed by atoms with Gasteiger partial charge in [0.2, 0.25) is 0 Å². The van der Waals surface area contributed by atoms with Crippen LogP contribution in [0.3, 0.4) is 0 Å². The molecule has 2 aromatic rings. The van der Waals surface area contributed by atoms with Gasteiger partial charge in [0.05, 0.1) is 6.61 Å². The molecule has 4 rings (SSSR count). The van der Waals surface area contributed by atoms with Crippen LogP contribution in [0.15, 0.2) is 30.5 Å². The fourth-order valence-corrected chi connectivity index (χ4v) is 4.41. The van der Waals surface area contributed by atoms with Crippen molar-refractivity contribution >= 4 is 22.4 Å². The highest BCUT2D eigenvalue weighted by molar-refractivity contribution is 7.15. The van der Waals surface area contributed by atoms with Crippen molar-refractivity contribution in [2.24, 2.45) is 0 Å². The first-order chi connectivity index (χ1) is 11.8. The molecule has 126 valence electrons. The van der Waals surface area contributed by atoms with Crippen molar-refractivity contribution in [1.29, 1.82) is 0 Å². The number of piperidine rings is 1. The predicted octanol–water partition coefficient (Wildman–Crippen LogP) is 2.86. The van der Waals surface area contributed by atoms with Crippen LogP contribution in [0.1, 0.15) is 40.9 Å². The third kappa shape index (κ3) is 3.22. The number of nitrogens with zero attached hydrogens (tertiary/aromatic N) is 1. The molecule has 2 N–H and O–H groups in total. The molecule has 1 atom stereocenters. The number of carbonyl (C=O) groups excluding carboxylic acids is 1. The lowest BCUT2D eigenvalue weighted by atomic mass is 9.97. The Morgan fingerprint density at radius 1 is 1.29 bits per heavy atom. The number of aromatic nitrogens is 1. The van der Waals surface area contributed by atoms with Crippen molar-refractivity contribution in [1.82, 2.24) is 10.3 Å². The molecule has 3 heterocycles. The van der Waals surface area contributed by atoms with Crippen molar-refractivity contribution in [3.63, 3.8) is 0 Å². The summed E-state index contributed by atoms with van der Waals surface area (Å²) >= 11 is 1.59. The lowest BCUT2D eigenvalue weighted by molar-refractivity contribution is -0.128. The number of thiazole rings is 1. The Morgan fingerprint density at radius 2 is 2.12 bits per heavy atom. The monoisotopic (exact) mass is 343 g/mol. The molecule has 0 radical (unpaired) electrons. The summed E-state index contributed by atoms with van der Waals surface area (Å²) < 4.78 is 5.72. The number of hydrogen-bond donors (Lipinski definition) is 2. The summed E-state index contributed by atoms with van der Waals surface area (Å²) in [6.45, 7) is 2.68. The largest absolute Gasteiger partial charge is 0.363 e. The minimum absolute atomic E-state index is 0.131. The number of rotatable bonds is 3. The molecule has 24 heavy (non-hydrogen) atoms. The Labute approximate surface area is 145 Å². The first-order valence-corrected chi connectivity index (χ1v) is 9.29. The van der Waals surface area contributed by atoms with E-state index in [0.717, 1.165) is 37.9 Å². The zero-order chi connectivity index (χ0) is 16.4. The average Bonchev–Trinajstić information content (AvgIpc) is 3.10. The van der Waals surface area contributed by atoms with Gasteiger partial charge < -0.3 is 10.1 Å². The smallest absolute Gasteiger partial charge is 0.259 e. The Balaban J connectivity index is 1.46. The summed E-state index contributed by atoms with van der Waals surface area (Å²) in [4.78, 5) is 18.3. The standard InChI is InChI=1S/C18H21N3O2S/c22-17(16-14-4-2-1-3-12(14)7-10-23-16)21-18-20-11-15(24-18)13-5-8-19-9-6-13/h1-4,11,13,16,19H,5-10H2,(H,20,21,22). The second-order valence-electron chi connectivity index (χ2n) is 6.28. The minimum atomic E-state index is -0.541. The van der Waals surface area contributed by atoms with Crippen molar-refractivity contribution < 1.29 is 9.53 Å². The molecule has 5 nitrogen and oxygen atoms in total. The summed E-state index contributed by atoms with van der Waals surface area (Å²) in [7, 11) is 0. The lowest BCUT2D eigenvalue weighted by Gasteiger charge is -2.24. The fourth-order valence-electron chi connectivity index (χ4n) is 3.42. The van der Waals surface area contributed by atoms with E-state index < -0.39 is 6.10 Å². The maximum absolute atomic E-state index is 12.6. The zero-order valence-corrected chi connectivity index (χ0v) is 14.3. The van der Waals surface area contributed by atoms with Gasteiger partial charge in [-0.25, -0.2) is 4.98 Å². The number of anilines is 1. The van der Waals surface area contributed by atoms with Crippen LogP contribution in [0.25, 0.3) is 0 Å². The second-order valence-corrected chi connectivity index (χ2v) is 7.34. The van der Waals surface area contributed by atoms with Gasteiger partial charge in [-0.1, -0.05) is 24.3 Å². The molecule has 1 aromatic carbocycles. The Hall–Kier alpha value is -1.76. The average molecular weight is 343 g/mol. The van der Waals surface area contributed by atoms with Gasteiger partial charge in [0.15, 0.2) is 11.2 Å². The third-order valence-corrected chi connectivity index (χ3v) is 5.80. The van der Waals surface area contributed by atoms with Gasteiger partial charge in [-0.15, -0.1) is 11.3 Å². The van der Waals surface area contributed by atoms with Gasteiger partial charge in [0.1, 0.15) is 0 Å². The maximum atomic E-state index is 12.6. The summed E-state index contributed by atoms with van der Waals surface area (Å²) in [6, 6.07) is 8.00. The number of benzene rings is 1. The first-order valence-electron chi connectivity index (χ1n) is 8.48. The van der Waals surface area contributed by atoms with E-state index >= 15 is 0 Å². The van der Waals surface area contributed by atoms with E-state index in [-0.39, 0.29) is 5.91 Å². The summed E-state index contributed by atoms with van der Waals surface area (Å²) in [5.74, 6) is 0.425. The normalized spacial score (nSPS) is 21.2. The number of fused-ring (bicyclic) bond motifs is 1. The predicted molar refractivity (Wildman–Crippen MR) is 94.4 cm³/mol. The van der Waals surface area contributed by atoms with E-state index in [1.54, 1.807) is 11.3 Å². The van der Waals surface area contributed by atoms with Crippen molar-refractivity contribution in [3.05, 3.63) is 46.5 Å². The van der Waals surface area contributed by atoms with Gasteiger partial charge in [-0.05, 0) is 49.4 Å². The molecule has 2 aliphatic rings. The lowest BCUT2D eigenvalue weighted by Crippen LogP contribution is -2.28. The number of nitrogens with one attached hydrogen (secondary N) is 2. The van der Waals surface area contributed by atoms with Crippen LogP contribution in [0, 0.1) is 0 Å². The molecule has 1 saturated heterocycles. The Morgan fingerprint density at radius 3 is 3.00 bits per heavy atom. The van der Waals surface area contributed by atoms with E-state index in [1.165, 1.54) is 10.4 Å². The summed E-state index contributed by atoms with van der Waals surface area (Å²) in [6.07, 6.45) is 4.49. The molecule has 1 unspecified atom stereocenters. The number of hydrogen-bond acceptors (Lipinski definition) is 5. The second kappa shape index (κ2) is 7.01. The van der Waals surface area contributed by atoms with Crippen LogP contribution in [0.4, 0.5) is 5.13 Å². The molecular weight excluding hydrogens is 322 g/mol. The van der Waals surface area contributed by atoms with E-state index in [0.29, 0.717) is 17.7 Å². The van der Waals surface area contributed by atoms with Crippen molar-refractivity contribution in [2.75, 3.05) is 25.0 Å². The third-order valence-electron chi connectivity index (χ3n) is 4.73. The quantitative estimate of drug-likeness (QED) is 0.899. The van der Waals surface area contributed by atoms with Gasteiger partial charge in [-0.3, -0.25) is 10.1 Å². The maximum Gasteiger partial charge on any atom is 0.259 e. The Kier molecular flexibility index (Phi) is 4.60. The van der Waals surface area contributed by atoms with Crippen LogP contribution >= 0.6 is 11.3 Å². The number of carbonyl (C=O) groups is 1. The van der Waals surface area contributed by atoms with Gasteiger partial charge in [0.25, 0.3) is 5.91 Å². The fraction of sp³-hybridized carbons (Fsp3) is 0.444. The van der Waals surface area contributed by atoms with E-state index in [9.17, 15) is 4.79 Å². The topological polar surface area (TPSA) is 63.2 Å². The van der Waals surface area contributed by atoms with Crippen LogP contribution in [-0.2, 0) is 16.0 Å². The van der Waals surface area contributed by atoms with E-state index in [1.807, 2.05) is 24.4 Å². The van der Waals surface area contributed by atoms with Crippen LogP contribution in [0.5, 0.6) is 0 Å². The molecule has 0 aliphatic carbocycles. The van der Waals surface area contributed by atoms with Crippen LogP contribution in [0.2, 0.25) is 0 Å². The zero-order valence-electron chi connectivity index (χ0n) is 13.5. The molecule has 0 bridgehead atoms. The molecule has 1 fully saturated rings. The van der Waals surface area contributed by atoms with E-state index in [4.69, 9.17) is 4.74 Å².